The SMILES string of the molecule is CNC(=O)c1cn2c(-c3cc(S(=O)(=O)NC4CC(F)(F)C4)ccc3C)cnc2c(N)n1.O=C(O)C(F)(F)F. The van der Waals surface area contributed by atoms with Gasteiger partial charge in [-0.15, -0.1) is 0 Å². The highest BCUT2D eigenvalue weighted by Gasteiger charge is 2.46. The minimum atomic E-state index is -5.08. The lowest BCUT2D eigenvalue weighted by Gasteiger charge is -2.35. The minimum Gasteiger partial charge on any atom is -0.475 e. The molecule has 0 aliphatic heterocycles. The first-order valence-corrected chi connectivity index (χ1v) is 12.1. The number of aryl methyl sites for hydroxylation is 1. The topological polar surface area (TPSA) is 169 Å². The number of carboxylic acid groups (broad SMARTS) is 1. The molecule has 0 radical (unpaired) electrons. The van der Waals surface area contributed by atoms with Gasteiger partial charge in [0.2, 0.25) is 10.0 Å². The number of alkyl halides is 5. The number of carbonyl (C=O) groups is 2. The Morgan fingerprint density at radius 1 is 1.24 bits per heavy atom. The number of carbonyl (C=O) groups excluding carboxylic acids is 1. The summed E-state index contributed by atoms with van der Waals surface area (Å²) in [7, 11) is -2.54. The Hall–Kier alpha value is -3.86. The second-order valence-corrected chi connectivity index (χ2v) is 10.0. The van der Waals surface area contributed by atoms with Gasteiger partial charge in [0.15, 0.2) is 11.5 Å². The van der Waals surface area contributed by atoms with E-state index < -0.39 is 52.9 Å². The number of nitrogens with two attached hydrogens (primary N) is 1. The number of nitrogens with zero attached hydrogens (tertiary/aromatic N) is 3. The van der Waals surface area contributed by atoms with Crippen LogP contribution < -0.4 is 15.8 Å². The van der Waals surface area contributed by atoms with E-state index in [0.29, 0.717) is 16.9 Å². The number of imidazole rings is 1. The van der Waals surface area contributed by atoms with Crippen LogP contribution in [-0.2, 0) is 14.8 Å². The summed E-state index contributed by atoms with van der Waals surface area (Å²) in [6.07, 6.45) is -3.17. The quantitative estimate of drug-likeness (QED) is 0.343. The van der Waals surface area contributed by atoms with Crippen molar-refractivity contribution in [2.24, 2.45) is 0 Å². The smallest absolute Gasteiger partial charge is 0.475 e. The van der Waals surface area contributed by atoms with Gasteiger partial charge in [0, 0.05) is 37.7 Å². The van der Waals surface area contributed by atoms with Gasteiger partial charge in [0.05, 0.1) is 16.8 Å². The van der Waals surface area contributed by atoms with Crippen molar-refractivity contribution in [3.05, 3.63) is 41.9 Å². The van der Waals surface area contributed by atoms with E-state index in [-0.39, 0.29) is 16.4 Å². The number of rotatable bonds is 5. The number of fused-ring (bicyclic) bond motifs is 1. The van der Waals surface area contributed by atoms with Crippen LogP contribution in [0, 0.1) is 6.92 Å². The van der Waals surface area contributed by atoms with Crippen molar-refractivity contribution < 1.29 is 45.1 Å². The third-order valence-corrected chi connectivity index (χ3v) is 6.95. The molecule has 5 N–H and O–H groups in total. The summed E-state index contributed by atoms with van der Waals surface area (Å²) in [6, 6.07) is 3.66. The molecule has 0 bridgehead atoms. The second kappa shape index (κ2) is 10.1. The van der Waals surface area contributed by atoms with Gasteiger partial charge >= 0.3 is 12.1 Å². The van der Waals surface area contributed by atoms with E-state index in [1.54, 1.807) is 17.4 Å². The van der Waals surface area contributed by atoms with Crippen molar-refractivity contribution in [2.45, 2.75) is 42.8 Å². The molecule has 1 amide bonds. The van der Waals surface area contributed by atoms with Gasteiger partial charge in [-0.3, -0.25) is 9.20 Å². The standard InChI is InChI=1S/C19H20F2N6O3S.C2HF3O2/c1-10-3-4-12(31(29,30)26-11-6-19(20,21)7-11)5-13(10)15-8-24-17-16(22)25-14(9-27(15)17)18(28)23-2;3-2(4,5)1(6)7/h3-5,8-9,11,26H,6-7H2,1-2H3,(H2,22,25)(H,23,28);(H,6,7). The van der Waals surface area contributed by atoms with Gasteiger partial charge in [0.1, 0.15) is 5.69 Å². The van der Waals surface area contributed by atoms with Crippen molar-refractivity contribution in [1.29, 1.82) is 0 Å². The van der Waals surface area contributed by atoms with Gasteiger partial charge in [0.25, 0.3) is 11.8 Å². The van der Waals surface area contributed by atoms with Crippen LogP contribution in [0.3, 0.4) is 0 Å². The molecular formula is C21H21F5N6O5S. The second-order valence-electron chi connectivity index (χ2n) is 8.29. The Balaban J connectivity index is 0.000000505. The molecule has 1 aromatic carbocycles. The Kier molecular flexibility index (Phi) is 7.65. The number of benzene rings is 1. The maximum Gasteiger partial charge on any atom is 0.490 e. The lowest BCUT2D eigenvalue weighted by molar-refractivity contribution is -0.192. The largest absolute Gasteiger partial charge is 0.490 e. The summed E-state index contributed by atoms with van der Waals surface area (Å²) in [5.41, 5.74) is 8.09. The van der Waals surface area contributed by atoms with Gasteiger partial charge in [-0.2, -0.15) is 13.2 Å². The highest BCUT2D eigenvalue weighted by atomic mass is 32.2. The predicted molar refractivity (Wildman–Crippen MR) is 123 cm³/mol. The first-order valence-electron chi connectivity index (χ1n) is 10.6. The Morgan fingerprint density at radius 2 is 1.84 bits per heavy atom. The number of aliphatic carboxylic acids is 1. The molecule has 0 saturated heterocycles. The molecule has 38 heavy (non-hydrogen) atoms. The molecule has 4 rings (SSSR count). The Bertz CT molecular complexity index is 1500. The summed E-state index contributed by atoms with van der Waals surface area (Å²) in [6.45, 7) is 1.79. The number of sulfonamides is 1. The van der Waals surface area contributed by atoms with E-state index in [0.717, 1.165) is 5.56 Å². The molecule has 0 spiro atoms. The number of hydrogen-bond acceptors (Lipinski definition) is 7. The van der Waals surface area contributed by atoms with Crippen LogP contribution in [0.4, 0.5) is 27.8 Å². The van der Waals surface area contributed by atoms with Crippen LogP contribution >= 0.6 is 0 Å². The molecule has 2 heterocycles. The number of anilines is 1. The van der Waals surface area contributed by atoms with Gasteiger partial charge in [-0.1, -0.05) is 6.07 Å². The van der Waals surface area contributed by atoms with Gasteiger partial charge in [-0.05, 0) is 24.6 Å². The van der Waals surface area contributed by atoms with Gasteiger partial charge < -0.3 is 16.2 Å². The molecule has 0 unspecified atom stereocenters. The first kappa shape index (κ1) is 28.7. The van der Waals surface area contributed by atoms with E-state index in [1.807, 2.05) is 0 Å². The van der Waals surface area contributed by atoms with Crippen LogP contribution in [0.25, 0.3) is 16.9 Å². The molecule has 206 valence electrons. The normalized spacial score (nSPS) is 15.3. The van der Waals surface area contributed by atoms with E-state index in [1.165, 1.54) is 31.6 Å². The number of aromatic nitrogens is 3. The van der Waals surface area contributed by atoms with Crippen molar-refractivity contribution in [3.63, 3.8) is 0 Å². The number of nitrogens with one attached hydrogen (secondary N) is 2. The zero-order valence-corrected chi connectivity index (χ0v) is 20.5. The Labute approximate surface area is 211 Å². The molecule has 1 aliphatic rings. The van der Waals surface area contributed by atoms with Crippen LogP contribution in [0.5, 0.6) is 0 Å². The summed E-state index contributed by atoms with van der Waals surface area (Å²) in [4.78, 5) is 29.1. The average Bonchev–Trinajstić information content (AvgIpc) is 3.21. The van der Waals surface area contributed by atoms with Crippen molar-refractivity contribution >= 4 is 33.4 Å². The van der Waals surface area contributed by atoms with Crippen LogP contribution in [0.15, 0.2) is 35.5 Å². The highest BCUT2D eigenvalue weighted by molar-refractivity contribution is 7.89. The zero-order valence-electron chi connectivity index (χ0n) is 19.7. The third kappa shape index (κ3) is 6.16. The van der Waals surface area contributed by atoms with E-state index in [4.69, 9.17) is 15.6 Å². The molecule has 1 aliphatic carbocycles. The van der Waals surface area contributed by atoms with Crippen LogP contribution in [-0.4, -0.2) is 65.0 Å². The predicted octanol–water partition coefficient (Wildman–Crippen LogP) is 2.36. The fourth-order valence-electron chi connectivity index (χ4n) is 3.52. The number of amides is 1. The third-order valence-electron chi connectivity index (χ3n) is 5.43. The number of halogens is 5. The molecule has 1 saturated carbocycles. The fraction of sp³-hybridized carbons (Fsp3) is 0.333. The molecule has 0 atom stereocenters. The van der Waals surface area contributed by atoms with Crippen molar-refractivity contribution in [2.75, 3.05) is 12.8 Å². The fourth-order valence-corrected chi connectivity index (χ4v) is 4.79. The van der Waals surface area contributed by atoms with E-state index in [2.05, 4.69) is 20.0 Å². The number of carboxylic acids is 1. The highest BCUT2D eigenvalue weighted by Crippen LogP contribution is 2.38. The molecular weight excluding hydrogens is 543 g/mol. The summed E-state index contributed by atoms with van der Waals surface area (Å²) in [5.74, 6) is -5.99. The summed E-state index contributed by atoms with van der Waals surface area (Å²) < 4.78 is 87.2. The minimum absolute atomic E-state index is 0.0429. The average molecular weight is 564 g/mol. The molecule has 11 nitrogen and oxygen atoms in total. The molecule has 1 fully saturated rings. The maximum atomic E-state index is 13.1. The maximum absolute atomic E-state index is 13.1. The first-order chi connectivity index (χ1) is 17.4. The monoisotopic (exact) mass is 564 g/mol. The lowest BCUT2D eigenvalue weighted by atomic mass is 9.89. The molecule has 17 heteroatoms. The lowest BCUT2D eigenvalue weighted by Crippen LogP contribution is -2.50. The molecule has 2 aromatic heterocycles. The zero-order chi connectivity index (χ0) is 28.6. The summed E-state index contributed by atoms with van der Waals surface area (Å²) in [5, 5.41) is 9.59. The van der Waals surface area contributed by atoms with Crippen molar-refractivity contribution in [1.82, 2.24) is 24.4 Å². The van der Waals surface area contributed by atoms with Crippen molar-refractivity contribution in [3.8, 4) is 11.3 Å². The van der Waals surface area contributed by atoms with Crippen LogP contribution in [0.1, 0.15) is 28.9 Å². The Morgan fingerprint density at radius 3 is 2.37 bits per heavy atom. The summed E-state index contributed by atoms with van der Waals surface area (Å²) >= 11 is 0. The van der Waals surface area contributed by atoms with E-state index >= 15 is 0 Å². The number of nitrogen functional groups attached to an aromatic ring is 1. The van der Waals surface area contributed by atoms with Gasteiger partial charge in [-0.25, -0.2) is 36.7 Å². The number of hydrogen-bond donors (Lipinski definition) is 4. The van der Waals surface area contributed by atoms with Crippen LogP contribution in [0.2, 0.25) is 0 Å². The van der Waals surface area contributed by atoms with E-state index in [9.17, 15) is 35.2 Å². The molecule has 3 aromatic rings.